The highest BCUT2D eigenvalue weighted by Gasteiger charge is 2.03. The van der Waals surface area contributed by atoms with E-state index in [0.29, 0.717) is 23.0 Å². The van der Waals surface area contributed by atoms with Crippen molar-refractivity contribution in [1.29, 1.82) is 0 Å². The lowest BCUT2D eigenvalue weighted by Crippen LogP contribution is -2.27. The van der Waals surface area contributed by atoms with Crippen molar-refractivity contribution in [3.05, 3.63) is 69.7 Å². The molecule has 0 fully saturated rings. The van der Waals surface area contributed by atoms with Crippen LogP contribution >= 0.6 is 35.0 Å². The van der Waals surface area contributed by atoms with Gasteiger partial charge in [0.15, 0.2) is 0 Å². The molecule has 22 heavy (non-hydrogen) atoms. The third-order valence-corrected chi connectivity index (χ3v) is 4.64. The fourth-order valence-corrected chi connectivity index (χ4v) is 3.34. The molecule has 0 aromatic heterocycles. The van der Waals surface area contributed by atoms with Gasteiger partial charge in [-0.2, -0.15) is 11.8 Å². The molecule has 116 valence electrons. The molecule has 0 atom stereocenters. The van der Waals surface area contributed by atoms with E-state index >= 15 is 0 Å². The minimum Gasteiger partial charge on any atom is -0.355 e. The summed E-state index contributed by atoms with van der Waals surface area (Å²) in [5.41, 5.74) is 2.09. The summed E-state index contributed by atoms with van der Waals surface area (Å²) in [6.45, 7) is 0.654. The van der Waals surface area contributed by atoms with Gasteiger partial charge in [0.2, 0.25) is 5.91 Å². The van der Waals surface area contributed by atoms with Gasteiger partial charge in [-0.05, 0) is 23.3 Å². The first kappa shape index (κ1) is 17.2. The molecular weight excluding hydrogens is 337 g/mol. The van der Waals surface area contributed by atoms with Gasteiger partial charge in [0.25, 0.3) is 0 Å². The van der Waals surface area contributed by atoms with E-state index in [0.717, 1.165) is 22.6 Å². The number of nitrogens with one attached hydrogen (secondary N) is 1. The van der Waals surface area contributed by atoms with Crippen molar-refractivity contribution < 1.29 is 4.79 Å². The smallest absolute Gasteiger partial charge is 0.224 e. The second kappa shape index (κ2) is 9.09. The van der Waals surface area contributed by atoms with Gasteiger partial charge < -0.3 is 5.32 Å². The van der Waals surface area contributed by atoms with Crippen molar-refractivity contribution in [1.82, 2.24) is 5.32 Å². The van der Waals surface area contributed by atoms with E-state index in [4.69, 9.17) is 23.2 Å². The van der Waals surface area contributed by atoms with Crippen LogP contribution < -0.4 is 5.32 Å². The first-order chi connectivity index (χ1) is 10.6. The van der Waals surface area contributed by atoms with Gasteiger partial charge in [0.1, 0.15) is 0 Å². The van der Waals surface area contributed by atoms with Gasteiger partial charge in [-0.15, -0.1) is 0 Å². The minimum atomic E-state index is 0.0522. The average Bonchev–Trinajstić information content (AvgIpc) is 2.50. The average molecular weight is 354 g/mol. The Kier molecular flexibility index (Phi) is 7.10. The summed E-state index contributed by atoms with van der Waals surface area (Å²) in [6, 6.07) is 15.3. The van der Waals surface area contributed by atoms with Crippen molar-refractivity contribution in [2.75, 3.05) is 12.3 Å². The maximum absolute atomic E-state index is 11.8. The zero-order chi connectivity index (χ0) is 15.8. The number of hydrogen-bond acceptors (Lipinski definition) is 2. The van der Waals surface area contributed by atoms with Crippen molar-refractivity contribution in [3.63, 3.8) is 0 Å². The molecule has 0 radical (unpaired) electrons. The largest absolute Gasteiger partial charge is 0.355 e. The normalized spacial score (nSPS) is 10.5. The molecule has 1 N–H and O–H groups in total. The van der Waals surface area contributed by atoms with E-state index in [1.165, 1.54) is 0 Å². The van der Waals surface area contributed by atoms with E-state index in [1.54, 1.807) is 17.8 Å². The van der Waals surface area contributed by atoms with Crippen molar-refractivity contribution in [2.45, 2.75) is 12.2 Å². The third-order valence-electron chi connectivity index (χ3n) is 3.05. The standard InChI is InChI=1S/C17H17Cl2NOS/c18-15-7-6-14(16(19)11-15)12-22-9-8-20-17(21)10-13-4-2-1-3-5-13/h1-7,11H,8-10,12H2,(H,20,21). The maximum Gasteiger partial charge on any atom is 0.224 e. The lowest BCUT2D eigenvalue weighted by Gasteiger charge is -2.07. The molecule has 2 rings (SSSR count). The Labute approximate surface area is 145 Å². The quantitative estimate of drug-likeness (QED) is 0.737. The summed E-state index contributed by atoms with van der Waals surface area (Å²) in [5, 5.41) is 4.26. The molecule has 2 aromatic carbocycles. The van der Waals surface area contributed by atoms with E-state index in [2.05, 4.69) is 5.32 Å². The molecular formula is C17H17Cl2NOS. The minimum absolute atomic E-state index is 0.0522. The number of benzene rings is 2. The van der Waals surface area contributed by atoms with E-state index in [9.17, 15) is 4.79 Å². The molecule has 0 heterocycles. The zero-order valence-corrected chi connectivity index (χ0v) is 14.3. The molecule has 5 heteroatoms. The van der Waals surface area contributed by atoms with Crippen LogP contribution in [-0.2, 0) is 17.0 Å². The summed E-state index contributed by atoms with van der Waals surface area (Å²) < 4.78 is 0. The van der Waals surface area contributed by atoms with Crippen LogP contribution in [0.5, 0.6) is 0 Å². The molecule has 1 amide bonds. The Balaban J connectivity index is 1.64. The SMILES string of the molecule is O=C(Cc1ccccc1)NCCSCc1ccc(Cl)cc1Cl. The summed E-state index contributed by atoms with van der Waals surface area (Å²) in [6.07, 6.45) is 0.425. The van der Waals surface area contributed by atoms with Gasteiger partial charge in [0.05, 0.1) is 6.42 Å². The summed E-state index contributed by atoms with van der Waals surface area (Å²) >= 11 is 13.7. The molecule has 0 aliphatic heterocycles. The van der Waals surface area contributed by atoms with Crippen LogP contribution in [0.25, 0.3) is 0 Å². The fourth-order valence-electron chi connectivity index (χ4n) is 1.93. The van der Waals surface area contributed by atoms with Crippen molar-refractivity contribution in [2.24, 2.45) is 0 Å². The number of rotatable bonds is 7. The summed E-state index contributed by atoms with van der Waals surface area (Å²) in [5.74, 6) is 1.71. The van der Waals surface area contributed by atoms with Gasteiger partial charge in [0, 0.05) is 28.1 Å². The van der Waals surface area contributed by atoms with Gasteiger partial charge in [-0.3, -0.25) is 4.79 Å². The number of thioether (sulfide) groups is 1. The van der Waals surface area contributed by atoms with E-state index in [1.807, 2.05) is 42.5 Å². The fraction of sp³-hybridized carbons (Fsp3) is 0.235. The number of carbonyl (C=O) groups excluding carboxylic acids is 1. The number of halogens is 2. The molecule has 0 aliphatic rings. The zero-order valence-electron chi connectivity index (χ0n) is 12.0. The molecule has 0 saturated carbocycles. The predicted octanol–water partition coefficient (Wildman–Crippen LogP) is 4.59. The molecule has 2 aromatic rings. The Morgan fingerprint density at radius 3 is 2.59 bits per heavy atom. The summed E-state index contributed by atoms with van der Waals surface area (Å²) in [4.78, 5) is 11.8. The van der Waals surface area contributed by atoms with Crippen LogP contribution in [0.1, 0.15) is 11.1 Å². The van der Waals surface area contributed by atoms with Gasteiger partial charge >= 0.3 is 0 Å². The first-order valence-corrected chi connectivity index (χ1v) is 8.88. The monoisotopic (exact) mass is 353 g/mol. The van der Waals surface area contributed by atoms with Crippen LogP contribution in [0.4, 0.5) is 0 Å². The van der Waals surface area contributed by atoms with Crippen LogP contribution in [0.15, 0.2) is 48.5 Å². The maximum atomic E-state index is 11.8. The van der Waals surface area contributed by atoms with Crippen LogP contribution in [0, 0.1) is 0 Å². The van der Waals surface area contributed by atoms with Crippen molar-refractivity contribution in [3.8, 4) is 0 Å². The highest BCUT2D eigenvalue weighted by atomic mass is 35.5. The Hall–Kier alpha value is -1.16. The number of amides is 1. The predicted molar refractivity (Wildman–Crippen MR) is 95.8 cm³/mol. The van der Waals surface area contributed by atoms with Gasteiger partial charge in [-0.1, -0.05) is 59.6 Å². The third kappa shape index (κ3) is 5.91. The van der Waals surface area contributed by atoms with Gasteiger partial charge in [-0.25, -0.2) is 0 Å². The Bertz CT molecular complexity index is 619. The Morgan fingerprint density at radius 2 is 1.86 bits per heavy atom. The van der Waals surface area contributed by atoms with Crippen molar-refractivity contribution >= 4 is 40.9 Å². The van der Waals surface area contributed by atoms with Crippen LogP contribution in [0.3, 0.4) is 0 Å². The number of hydrogen-bond donors (Lipinski definition) is 1. The molecule has 0 aliphatic carbocycles. The van der Waals surface area contributed by atoms with Crippen LogP contribution in [-0.4, -0.2) is 18.2 Å². The lowest BCUT2D eigenvalue weighted by molar-refractivity contribution is -0.120. The van der Waals surface area contributed by atoms with Crippen LogP contribution in [0.2, 0.25) is 10.0 Å². The van der Waals surface area contributed by atoms with E-state index < -0.39 is 0 Å². The number of carbonyl (C=O) groups is 1. The topological polar surface area (TPSA) is 29.1 Å². The second-order valence-corrected chi connectivity index (χ2v) is 6.75. The molecule has 2 nitrogen and oxygen atoms in total. The molecule has 0 spiro atoms. The molecule has 0 unspecified atom stereocenters. The highest BCUT2D eigenvalue weighted by molar-refractivity contribution is 7.98. The second-order valence-electron chi connectivity index (χ2n) is 4.80. The van der Waals surface area contributed by atoms with E-state index in [-0.39, 0.29) is 5.91 Å². The lowest BCUT2D eigenvalue weighted by atomic mass is 10.1. The summed E-state index contributed by atoms with van der Waals surface area (Å²) in [7, 11) is 0. The first-order valence-electron chi connectivity index (χ1n) is 6.97. The highest BCUT2D eigenvalue weighted by Crippen LogP contribution is 2.24. The Morgan fingerprint density at radius 1 is 1.09 bits per heavy atom. The molecule has 0 saturated heterocycles. The molecule has 0 bridgehead atoms.